The van der Waals surface area contributed by atoms with E-state index in [2.05, 4.69) is 6.92 Å². The van der Waals surface area contributed by atoms with Gasteiger partial charge in [-0.3, -0.25) is 9.36 Å². The Labute approximate surface area is 170 Å². The molecule has 1 heterocycles. The second kappa shape index (κ2) is 9.03. The molecule has 0 aliphatic heterocycles. The highest BCUT2D eigenvalue weighted by Crippen LogP contribution is 2.16. The van der Waals surface area contributed by atoms with Crippen molar-refractivity contribution >= 4 is 17.2 Å². The summed E-state index contributed by atoms with van der Waals surface area (Å²) in [4.78, 5) is 37.3. The molecule has 0 fully saturated rings. The van der Waals surface area contributed by atoms with E-state index < -0.39 is 0 Å². The van der Waals surface area contributed by atoms with Gasteiger partial charge in [-0.05, 0) is 54.7 Å². The van der Waals surface area contributed by atoms with E-state index in [1.54, 1.807) is 19.2 Å². The van der Waals surface area contributed by atoms with Gasteiger partial charge in [0.15, 0.2) is 0 Å². The van der Waals surface area contributed by atoms with Gasteiger partial charge < -0.3 is 4.79 Å². The van der Waals surface area contributed by atoms with Crippen LogP contribution in [-0.4, -0.2) is 15.4 Å². The first kappa shape index (κ1) is 20.8. The van der Waals surface area contributed by atoms with Crippen molar-refractivity contribution in [2.45, 2.75) is 46.0 Å². The lowest BCUT2D eigenvalue weighted by Crippen LogP contribution is -2.37. The van der Waals surface area contributed by atoms with Crippen molar-refractivity contribution in [1.29, 1.82) is 0 Å². The van der Waals surface area contributed by atoms with Crippen molar-refractivity contribution in [1.82, 2.24) is 9.13 Å². The molecule has 1 aromatic heterocycles. The predicted molar refractivity (Wildman–Crippen MR) is 117 cm³/mol. The molecule has 0 N–H and O–H groups in total. The summed E-state index contributed by atoms with van der Waals surface area (Å²) in [6, 6.07) is 13.0. The van der Waals surface area contributed by atoms with Crippen molar-refractivity contribution in [2.75, 3.05) is 0 Å². The molecule has 0 saturated heterocycles. The van der Waals surface area contributed by atoms with Crippen LogP contribution in [0.2, 0.25) is 0 Å². The summed E-state index contributed by atoms with van der Waals surface area (Å²) in [7, 11) is 1.68. The lowest BCUT2D eigenvalue weighted by molar-refractivity contribution is -0.111. The molecule has 0 aliphatic carbocycles. The van der Waals surface area contributed by atoms with E-state index in [1.807, 2.05) is 37.3 Å². The summed E-state index contributed by atoms with van der Waals surface area (Å²) < 4.78 is 2.73. The molecule has 5 nitrogen and oxygen atoms in total. The van der Waals surface area contributed by atoms with Crippen LogP contribution in [0.5, 0.6) is 0 Å². The van der Waals surface area contributed by atoms with Gasteiger partial charge >= 0.3 is 5.69 Å². The maximum absolute atomic E-state index is 13.1. The molecule has 1 atom stereocenters. The average Bonchev–Trinajstić information content (AvgIpc) is 2.75. The molecular weight excluding hydrogens is 364 g/mol. The molecule has 0 radical (unpaired) electrons. The van der Waals surface area contributed by atoms with E-state index in [9.17, 15) is 14.4 Å². The zero-order valence-corrected chi connectivity index (χ0v) is 17.4. The van der Waals surface area contributed by atoms with E-state index in [4.69, 9.17) is 0 Å². The minimum atomic E-state index is -0.367. The lowest BCUT2D eigenvalue weighted by atomic mass is 9.95. The van der Waals surface area contributed by atoms with Gasteiger partial charge in [0.1, 0.15) is 6.29 Å². The Morgan fingerprint density at radius 2 is 1.69 bits per heavy atom. The number of rotatable bonds is 8. The van der Waals surface area contributed by atoms with Gasteiger partial charge in [-0.15, -0.1) is 0 Å². The molecule has 0 spiro atoms. The Hall–Kier alpha value is -2.95. The van der Waals surface area contributed by atoms with Gasteiger partial charge in [0.25, 0.3) is 5.56 Å². The summed E-state index contributed by atoms with van der Waals surface area (Å²) in [6.07, 6.45) is 5.50. The number of carbonyl (C=O) groups excluding carboxylic acids is 1. The second-order valence-corrected chi connectivity index (χ2v) is 7.60. The van der Waals surface area contributed by atoms with Crippen molar-refractivity contribution in [3.8, 4) is 5.69 Å². The number of carbonyl (C=O) groups is 1. The van der Waals surface area contributed by atoms with Gasteiger partial charge in [-0.25, -0.2) is 9.36 Å². The van der Waals surface area contributed by atoms with Crippen LogP contribution in [0, 0.1) is 5.92 Å². The summed E-state index contributed by atoms with van der Waals surface area (Å²) in [5.41, 5.74) is 2.59. The van der Waals surface area contributed by atoms with Crippen molar-refractivity contribution < 1.29 is 4.79 Å². The molecule has 0 aliphatic rings. The third-order valence-electron chi connectivity index (χ3n) is 5.56. The zero-order chi connectivity index (χ0) is 21.0. The third-order valence-corrected chi connectivity index (χ3v) is 5.56. The van der Waals surface area contributed by atoms with E-state index in [0.717, 1.165) is 43.1 Å². The standard InChI is InChI=1S/C24H28N2O3/c1-4-6-7-19(16-27)14-18-8-11-20(12-9-18)26-23(28)21-15-17(5-2)10-13-22(21)25(3)24(26)29/h8-13,15-16,19H,4-7,14H2,1-3H3. The second-order valence-electron chi connectivity index (χ2n) is 7.60. The molecule has 29 heavy (non-hydrogen) atoms. The number of fused-ring (bicyclic) bond motifs is 1. The normalized spacial score (nSPS) is 12.2. The summed E-state index contributed by atoms with van der Waals surface area (Å²) >= 11 is 0. The smallest absolute Gasteiger partial charge is 0.303 e. The minimum absolute atomic E-state index is 0.00419. The van der Waals surface area contributed by atoms with Crippen LogP contribution < -0.4 is 11.2 Å². The molecule has 5 heteroatoms. The highest BCUT2D eigenvalue weighted by Gasteiger charge is 2.14. The Balaban J connectivity index is 2.01. The monoisotopic (exact) mass is 392 g/mol. The molecule has 152 valence electrons. The molecule has 0 amide bonds. The first-order chi connectivity index (χ1) is 14.0. The summed E-state index contributed by atoms with van der Waals surface area (Å²) in [5.74, 6) is 0.00419. The van der Waals surface area contributed by atoms with Gasteiger partial charge in [0, 0.05) is 13.0 Å². The maximum Gasteiger partial charge on any atom is 0.335 e. The van der Waals surface area contributed by atoms with Gasteiger partial charge in [0.05, 0.1) is 16.6 Å². The Morgan fingerprint density at radius 3 is 2.31 bits per heavy atom. The highest BCUT2D eigenvalue weighted by atomic mass is 16.2. The highest BCUT2D eigenvalue weighted by molar-refractivity contribution is 5.79. The van der Waals surface area contributed by atoms with E-state index in [-0.39, 0.29) is 17.2 Å². The SMILES string of the molecule is CCCCC(C=O)Cc1ccc(-n2c(=O)c3cc(CC)ccc3n(C)c2=O)cc1. The molecule has 0 saturated carbocycles. The van der Waals surface area contributed by atoms with Gasteiger partial charge in [0.2, 0.25) is 0 Å². The van der Waals surface area contributed by atoms with E-state index >= 15 is 0 Å². The Kier molecular flexibility index (Phi) is 6.47. The summed E-state index contributed by atoms with van der Waals surface area (Å²) in [5, 5.41) is 0.538. The van der Waals surface area contributed by atoms with Crippen LogP contribution in [0.1, 0.15) is 44.2 Å². The minimum Gasteiger partial charge on any atom is -0.303 e. The van der Waals surface area contributed by atoms with Crippen molar-refractivity contribution in [2.24, 2.45) is 13.0 Å². The van der Waals surface area contributed by atoms with Crippen molar-refractivity contribution in [3.63, 3.8) is 0 Å². The van der Waals surface area contributed by atoms with Crippen LogP contribution in [0.25, 0.3) is 16.6 Å². The van der Waals surface area contributed by atoms with Crippen LogP contribution in [-0.2, 0) is 24.7 Å². The van der Waals surface area contributed by atoms with Gasteiger partial charge in [-0.2, -0.15) is 0 Å². The zero-order valence-electron chi connectivity index (χ0n) is 17.4. The largest absolute Gasteiger partial charge is 0.335 e. The number of aryl methyl sites for hydroxylation is 2. The number of aromatic nitrogens is 2. The fourth-order valence-corrected chi connectivity index (χ4v) is 3.72. The fourth-order valence-electron chi connectivity index (χ4n) is 3.72. The number of hydrogen-bond donors (Lipinski definition) is 0. The van der Waals surface area contributed by atoms with Gasteiger partial charge in [-0.1, -0.05) is 44.9 Å². The lowest BCUT2D eigenvalue weighted by Gasteiger charge is -2.13. The van der Waals surface area contributed by atoms with Crippen LogP contribution in [0.3, 0.4) is 0 Å². The Bertz CT molecular complexity index is 1120. The van der Waals surface area contributed by atoms with Crippen LogP contribution in [0.15, 0.2) is 52.1 Å². The first-order valence-corrected chi connectivity index (χ1v) is 10.3. The number of aldehydes is 1. The number of nitrogens with zero attached hydrogens (tertiary/aromatic N) is 2. The molecular formula is C24H28N2O3. The average molecular weight is 392 g/mol. The summed E-state index contributed by atoms with van der Waals surface area (Å²) in [6.45, 7) is 4.15. The van der Waals surface area contributed by atoms with E-state index in [0.29, 0.717) is 23.0 Å². The quantitative estimate of drug-likeness (QED) is 0.548. The fraction of sp³-hybridized carbons (Fsp3) is 0.375. The topological polar surface area (TPSA) is 61.1 Å². The third kappa shape index (κ3) is 4.24. The molecule has 0 bridgehead atoms. The molecule has 1 unspecified atom stereocenters. The molecule has 2 aromatic carbocycles. The maximum atomic E-state index is 13.1. The Morgan fingerprint density at radius 1 is 1.00 bits per heavy atom. The van der Waals surface area contributed by atoms with E-state index in [1.165, 1.54) is 9.13 Å². The first-order valence-electron chi connectivity index (χ1n) is 10.3. The van der Waals surface area contributed by atoms with Crippen LogP contribution in [0.4, 0.5) is 0 Å². The number of hydrogen-bond acceptors (Lipinski definition) is 3. The predicted octanol–water partition coefficient (Wildman–Crippen LogP) is 3.80. The number of unbranched alkanes of at least 4 members (excludes halogenated alkanes) is 1. The number of benzene rings is 2. The molecule has 3 rings (SSSR count). The molecule has 3 aromatic rings. The van der Waals surface area contributed by atoms with Crippen molar-refractivity contribution in [3.05, 3.63) is 74.4 Å². The van der Waals surface area contributed by atoms with Crippen LogP contribution >= 0.6 is 0 Å².